The molecule has 2 aromatic heterocycles. The van der Waals surface area contributed by atoms with E-state index < -0.39 is 0 Å². The van der Waals surface area contributed by atoms with E-state index in [1.54, 1.807) is 0 Å². The Morgan fingerprint density at radius 1 is 1.24 bits per heavy atom. The van der Waals surface area contributed by atoms with Crippen LogP contribution in [0.3, 0.4) is 0 Å². The van der Waals surface area contributed by atoms with Gasteiger partial charge in [-0.3, -0.25) is 4.79 Å². The van der Waals surface area contributed by atoms with Crippen molar-refractivity contribution in [3.05, 3.63) is 53.9 Å². The molecule has 0 N–H and O–H groups in total. The normalized spacial score (nSPS) is 10.8. The minimum absolute atomic E-state index is 0.604. The monoisotopic (exact) mass is 280 g/mol. The zero-order valence-corrected chi connectivity index (χ0v) is 12.0. The van der Waals surface area contributed by atoms with Crippen molar-refractivity contribution in [2.75, 3.05) is 6.61 Å². The van der Waals surface area contributed by atoms with Crippen molar-refractivity contribution in [2.45, 2.75) is 13.8 Å². The lowest BCUT2D eigenvalue weighted by molar-refractivity contribution is 0.112. The maximum absolute atomic E-state index is 11.2. The fourth-order valence-corrected chi connectivity index (χ4v) is 2.39. The van der Waals surface area contributed by atoms with Crippen molar-refractivity contribution < 1.29 is 9.53 Å². The zero-order chi connectivity index (χ0) is 14.8. The van der Waals surface area contributed by atoms with E-state index in [0.717, 1.165) is 28.9 Å². The first kappa shape index (κ1) is 13.4. The van der Waals surface area contributed by atoms with Gasteiger partial charge in [-0.05, 0) is 49.7 Å². The van der Waals surface area contributed by atoms with Gasteiger partial charge in [-0.15, -0.1) is 0 Å². The molecular weight excluding hydrogens is 264 g/mol. The summed E-state index contributed by atoms with van der Waals surface area (Å²) >= 11 is 0. The molecule has 4 nitrogen and oxygen atoms in total. The highest BCUT2D eigenvalue weighted by molar-refractivity contribution is 5.85. The smallest absolute Gasteiger partial charge is 0.153 e. The van der Waals surface area contributed by atoms with Crippen LogP contribution in [0.4, 0.5) is 0 Å². The Labute approximate surface area is 123 Å². The summed E-state index contributed by atoms with van der Waals surface area (Å²) in [5.74, 6) is 0.842. The highest BCUT2D eigenvalue weighted by Crippen LogP contribution is 2.23. The van der Waals surface area contributed by atoms with Crippen LogP contribution in [0.15, 0.2) is 42.7 Å². The van der Waals surface area contributed by atoms with Crippen LogP contribution in [0.1, 0.15) is 22.8 Å². The van der Waals surface area contributed by atoms with Gasteiger partial charge in [0.15, 0.2) is 6.29 Å². The first-order chi connectivity index (χ1) is 10.2. The summed E-state index contributed by atoms with van der Waals surface area (Å²) < 4.78 is 7.33. The summed E-state index contributed by atoms with van der Waals surface area (Å²) in [5.41, 5.74) is 4.15. The number of imidazole rings is 1. The van der Waals surface area contributed by atoms with E-state index >= 15 is 0 Å². The van der Waals surface area contributed by atoms with E-state index in [2.05, 4.69) is 4.98 Å². The molecule has 3 rings (SSSR count). The number of carbonyl (C=O) groups is 1. The fraction of sp³-hybridized carbons (Fsp3) is 0.176. The Bertz CT molecular complexity index is 788. The van der Waals surface area contributed by atoms with E-state index in [0.29, 0.717) is 17.8 Å². The highest BCUT2D eigenvalue weighted by Gasteiger charge is 2.08. The Hall–Kier alpha value is -2.62. The Balaban J connectivity index is 2.06. The van der Waals surface area contributed by atoms with Gasteiger partial charge in [0.1, 0.15) is 11.4 Å². The second-order valence-electron chi connectivity index (χ2n) is 4.91. The number of hydrogen-bond donors (Lipinski definition) is 0. The number of fused-ring (bicyclic) bond motifs is 1. The number of aromatic nitrogens is 2. The molecule has 0 spiro atoms. The lowest BCUT2D eigenvalue weighted by Gasteiger charge is -2.02. The summed E-state index contributed by atoms with van der Waals surface area (Å²) in [6, 6.07) is 9.64. The number of rotatable bonds is 4. The zero-order valence-electron chi connectivity index (χ0n) is 12.0. The Morgan fingerprint density at radius 3 is 2.67 bits per heavy atom. The second kappa shape index (κ2) is 5.40. The minimum atomic E-state index is 0.604. The third-order valence-electron chi connectivity index (χ3n) is 3.30. The van der Waals surface area contributed by atoms with Gasteiger partial charge < -0.3 is 9.14 Å². The lowest BCUT2D eigenvalue weighted by Crippen LogP contribution is -1.91. The van der Waals surface area contributed by atoms with E-state index in [-0.39, 0.29) is 0 Å². The van der Waals surface area contributed by atoms with Gasteiger partial charge in [-0.25, -0.2) is 4.98 Å². The first-order valence-corrected chi connectivity index (χ1v) is 6.89. The van der Waals surface area contributed by atoms with Gasteiger partial charge in [-0.1, -0.05) is 0 Å². The van der Waals surface area contributed by atoms with Crippen LogP contribution in [0.25, 0.3) is 16.9 Å². The molecule has 21 heavy (non-hydrogen) atoms. The molecule has 0 saturated heterocycles. The SMILES string of the molecule is CCOc1ccc(-c2cn3cc(C)cc(C=O)c3n2)cc1. The molecule has 0 aliphatic carbocycles. The maximum atomic E-state index is 11.2. The van der Waals surface area contributed by atoms with Crippen LogP contribution in [0, 0.1) is 6.92 Å². The van der Waals surface area contributed by atoms with Crippen LogP contribution in [-0.4, -0.2) is 22.3 Å². The van der Waals surface area contributed by atoms with Gasteiger partial charge in [0, 0.05) is 18.0 Å². The van der Waals surface area contributed by atoms with Crippen LogP contribution in [0.5, 0.6) is 5.75 Å². The standard InChI is InChI=1S/C17H16N2O2/c1-3-21-15-6-4-13(5-7-15)16-10-19-9-12(2)8-14(11-20)17(19)18-16/h4-11H,3H2,1-2H3. The van der Waals surface area contributed by atoms with E-state index in [1.165, 1.54) is 0 Å². The molecule has 0 amide bonds. The number of benzene rings is 1. The molecule has 3 aromatic rings. The molecule has 2 heterocycles. The fourth-order valence-electron chi connectivity index (χ4n) is 2.39. The molecule has 0 radical (unpaired) electrons. The lowest BCUT2D eigenvalue weighted by atomic mass is 10.2. The molecule has 0 atom stereocenters. The van der Waals surface area contributed by atoms with Crippen molar-refractivity contribution >= 4 is 11.9 Å². The van der Waals surface area contributed by atoms with Crippen molar-refractivity contribution in [3.63, 3.8) is 0 Å². The summed E-state index contributed by atoms with van der Waals surface area (Å²) in [6.45, 7) is 4.57. The number of hydrogen-bond acceptors (Lipinski definition) is 3. The van der Waals surface area contributed by atoms with Crippen LogP contribution in [0.2, 0.25) is 0 Å². The largest absolute Gasteiger partial charge is 0.494 e. The Kier molecular flexibility index (Phi) is 3.44. The van der Waals surface area contributed by atoms with E-state index in [9.17, 15) is 4.79 Å². The predicted octanol–water partition coefficient (Wildman–Crippen LogP) is 3.52. The molecule has 106 valence electrons. The minimum Gasteiger partial charge on any atom is -0.494 e. The Morgan fingerprint density at radius 2 is 2.00 bits per heavy atom. The topological polar surface area (TPSA) is 43.6 Å². The number of aldehydes is 1. The molecule has 0 bridgehead atoms. The molecule has 4 heteroatoms. The molecule has 0 aliphatic heterocycles. The number of nitrogens with zero attached hydrogens (tertiary/aromatic N) is 2. The number of ether oxygens (including phenoxy) is 1. The van der Waals surface area contributed by atoms with Crippen molar-refractivity contribution in [3.8, 4) is 17.0 Å². The van der Waals surface area contributed by atoms with E-state index in [1.807, 2.05) is 61.0 Å². The maximum Gasteiger partial charge on any atom is 0.153 e. The van der Waals surface area contributed by atoms with Crippen LogP contribution < -0.4 is 4.74 Å². The van der Waals surface area contributed by atoms with Gasteiger partial charge in [-0.2, -0.15) is 0 Å². The van der Waals surface area contributed by atoms with Gasteiger partial charge in [0.2, 0.25) is 0 Å². The quantitative estimate of drug-likeness (QED) is 0.687. The summed E-state index contributed by atoms with van der Waals surface area (Å²) in [7, 11) is 0. The number of carbonyl (C=O) groups excluding carboxylic acids is 1. The predicted molar refractivity (Wildman–Crippen MR) is 81.9 cm³/mol. The molecule has 1 aromatic carbocycles. The van der Waals surface area contributed by atoms with Gasteiger partial charge in [0.25, 0.3) is 0 Å². The van der Waals surface area contributed by atoms with Crippen LogP contribution >= 0.6 is 0 Å². The number of aryl methyl sites for hydroxylation is 1. The van der Waals surface area contributed by atoms with Crippen molar-refractivity contribution in [2.24, 2.45) is 0 Å². The number of pyridine rings is 1. The van der Waals surface area contributed by atoms with Crippen molar-refractivity contribution in [1.82, 2.24) is 9.38 Å². The molecule has 0 unspecified atom stereocenters. The van der Waals surface area contributed by atoms with Crippen LogP contribution in [-0.2, 0) is 0 Å². The average Bonchev–Trinajstić information content (AvgIpc) is 2.91. The van der Waals surface area contributed by atoms with Gasteiger partial charge in [0.05, 0.1) is 17.9 Å². The third kappa shape index (κ3) is 2.52. The molecule has 0 aliphatic rings. The van der Waals surface area contributed by atoms with Crippen molar-refractivity contribution in [1.29, 1.82) is 0 Å². The molecule has 0 saturated carbocycles. The molecular formula is C17H16N2O2. The summed E-state index contributed by atoms with van der Waals surface area (Å²) in [5, 5.41) is 0. The van der Waals surface area contributed by atoms with Gasteiger partial charge >= 0.3 is 0 Å². The summed E-state index contributed by atoms with van der Waals surface area (Å²) in [4.78, 5) is 15.7. The highest BCUT2D eigenvalue weighted by atomic mass is 16.5. The third-order valence-corrected chi connectivity index (χ3v) is 3.30. The summed E-state index contributed by atoms with van der Waals surface area (Å²) in [6.07, 6.45) is 4.75. The first-order valence-electron chi connectivity index (χ1n) is 6.89. The second-order valence-corrected chi connectivity index (χ2v) is 4.91. The average molecular weight is 280 g/mol. The molecule has 0 fully saturated rings. The van der Waals surface area contributed by atoms with E-state index in [4.69, 9.17) is 4.74 Å².